The van der Waals surface area contributed by atoms with Gasteiger partial charge in [0.2, 0.25) is 0 Å². The highest BCUT2D eigenvalue weighted by Gasteiger charge is 2.59. The Morgan fingerprint density at radius 1 is 1.30 bits per heavy atom. The Hall–Kier alpha value is -0.510. The van der Waals surface area contributed by atoms with Gasteiger partial charge in [-0.2, -0.15) is 4.99 Å². The summed E-state index contributed by atoms with van der Waals surface area (Å²) in [4.78, 5) is 19.3. The predicted molar refractivity (Wildman–Crippen MR) is 84.9 cm³/mol. The molecule has 2 fully saturated rings. The van der Waals surface area contributed by atoms with Gasteiger partial charge in [0.05, 0.1) is 0 Å². The van der Waals surface area contributed by atoms with Crippen molar-refractivity contribution in [1.82, 2.24) is 4.90 Å². The fraction of sp³-hybridized carbons (Fsp3) is 0.875. The number of piperidine rings is 1. The summed E-state index contributed by atoms with van der Waals surface area (Å²) in [5.41, 5.74) is 0.350. The first-order valence-corrected chi connectivity index (χ1v) is 8.61. The molecule has 20 heavy (non-hydrogen) atoms. The van der Waals surface area contributed by atoms with Gasteiger partial charge in [-0.05, 0) is 43.9 Å². The molecule has 2 aliphatic heterocycles. The number of amides is 1. The van der Waals surface area contributed by atoms with Crippen molar-refractivity contribution in [2.45, 2.75) is 71.2 Å². The minimum atomic E-state index is -0.374. The van der Waals surface area contributed by atoms with Crippen molar-refractivity contribution in [1.29, 1.82) is 0 Å². The molecule has 0 aromatic rings. The Morgan fingerprint density at radius 2 is 1.95 bits per heavy atom. The quantitative estimate of drug-likeness (QED) is 0.741. The molecule has 1 unspecified atom stereocenters. The highest BCUT2D eigenvalue weighted by atomic mass is 32.2. The van der Waals surface area contributed by atoms with Crippen molar-refractivity contribution < 1.29 is 4.79 Å². The van der Waals surface area contributed by atoms with Crippen molar-refractivity contribution in [3.05, 3.63) is 0 Å². The van der Waals surface area contributed by atoms with Crippen molar-refractivity contribution in [3.63, 3.8) is 0 Å². The van der Waals surface area contributed by atoms with Gasteiger partial charge in [-0.25, -0.2) is 0 Å². The number of hydrogen-bond donors (Lipinski definition) is 0. The summed E-state index contributed by atoms with van der Waals surface area (Å²) in [6.07, 6.45) is 2.57. The number of likely N-dealkylation sites (tertiary alicyclic amines) is 1. The highest BCUT2D eigenvalue weighted by Crippen LogP contribution is 2.57. The third-order valence-electron chi connectivity index (χ3n) is 6.17. The van der Waals surface area contributed by atoms with Crippen LogP contribution in [0.4, 0.5) is 0 Å². The van der Waals surface area contributed by atoms with Crippen LogP contribution in [-0.2, 0) is 4.79 Å². The molecule has 112 valence electrons. The van der Waals surface area contributed by atoms with Gasteiger partial charge in [0.1, 0.15) is 4.75 Å². The van der Waals surface area contributed by atoms with Crippen LogP contribution in [0.15, 0.2) is 4.99 Å². The van der Waals surface area contributed by atoms with E-state index in [2.05, 4.69) is 44.5 Å². The summed E-state index contributed by atoms with van der Waals surface area (Å²) in [5, 5.41) is 0.985. The number of fused-ring (bicyclic) bond motifs is 2. The molecule has 1 saturated heterocycles. The maximum atomic E-state index is 12.3. The first kappa shape index (κ1) is 14.4. The standard InChI is InChI=1S/C16H26N2OS/c1-9(2)16(6)13(19)17-14(20-16)18-10(3)11-7-8-12(18)15(11,4)5/h9-12H,7-8H2,1-6H3/t10-,11+,12+,16?/m1/s1. The number of carbonyl (C=O) groups excluding carboxylic acids is 1. The molecule has 0 spiro atoms. The Kier molecular flexibility index (Phi) is 3.06. The molecular formula is C16H26N2OS. The molecule has 4 heteroatoms. The lowest BCUT2D eigenvalue weighted by molar-refractivity contribution is -0.120. The lowest BCUT2D eigenvalue weighted by Gasteiger charge is -2.36. The predicted octanol–water partition coefficient (Wildman–Crippen LogP) is 3.54. The minimum absolute atomic E-state index is 0.0558. The summed E-state index contributed by atoms with van der Waals surface area (Å²) in [6, 6.07) is 1.06. The van der Waals surface area contributed by atoms with Gasteiger partial charge in [0.15, 0.2) is 5.17 Å². The van der Waals surface area contributed by atoms with Gasteiger partial charge in [-0.1, -0.05) is 39.5 Å². The minimum Gasteiger partial charge on any atom is -0.345 e. The molecule has 2 heterocycles. The van der Waals surface area contributed by atoms with E-state index in [1.165, 1.54) is 12.8 Å². The average molecular weight is 294 g/mol. The molecule has 0 radical (unpaired) electrons. The highest BCUT2D eigenvalue weighted by molar-refractivity contribution is 8.16. The molecule has 4 atom stereocenters. The van der Waals surface area contributed by atoms with E-state index in [0.717, 1.165) is 11.1 Å². The zero-order valence-electron chi connectivity index (χ0n) is 13.4. The normalized spacial score (nSPS) is 42.8. The Morgan fingerprint density at radius 3 is 2.40 bits per heavy atom. The Bertz CT molecular complexity index is 485. The van der Waals surface area contributed by atoms with Gasteiger partial charge in [-0.15, -0.1) is 0 Å². The number of nitrogens with zero attached hydrogens (tertiary/aromatic N) is 2. The van der Waals surface area contributed by atoms with Gasteiger partial charge in [-0.3, -0.25) is 4.79 Å². The van der Waals surface area contributed by atoms with E-state index < -0.39 is 0 Å². The molecule has 1 aliphatic carbocycles. The summed E-state index contributed by atoms with van der Waals surface area (Å²) in [6.45, 7) is 13.4. The van der Waals surface area contributed by atoms with Crippen molar-refractivity contribution >= 4 is 22.8 Å². The third kappa shape index (κ3) is 1.66. The fourth-order valence-corrected chi connectivity index (χ4v) is 5.68. The smallest absolute Gasteiger partial charge is 0.264 e. The van der Waals surface area contributed by atoms with Crippen molar-refractivity contribution in [2.75, 3.05) is 0 Å². The molecular weight excluding hydrogens is 268 g/mol. The zero-order valence-corrected chi connectivity index (χ0v) is 14.3. The van der Waals surface area contributed by atoms with E-state index in [4.69, 9.17) is 0 Å². The first-order chi connectivity index (χ1) is 9.19. The second-order valence-corrected chi connectivity index (χ2v) is 9.15. The maximum Gasteiger partial charge on any atom is 0.264 e. The number of hydrogen-bond acceptors (Lipinski definition) is 3. The van der Waals surface area contributed by atoms with Crippen LogP contribution in [-0.4, -0.2) is 32.8 Å². The number of thioether (sulfide) groups is 1. The fourth-order valence-electron chi connectivity index (χ4n) is 4.40. The summed E-state index contributed by atoms with van der Waals surface area (Å²) in [5.74, 6) is 1.10. The molecule has 0 N–H and O–H groups in total. The first-order valence-electron chi connectivity index (χ1n) is 7.80. The molecule has 2 bridgehead atoms. The Labute approximate surface area is 126 Å². The van der Waals surface area contributed by atoms with Crippen LogP contribution in [0.3, 0.4) is 0 Å². The zero-order chi connectivity index (χ0) is 14.9. The van der Waals surface area contributed by atoms with E-state index >= 15 is 0 Å². The molecule has 3 nitrogen and oxygen atoms in total. The molecule has 0 aromatic carbocycles. The lowest BCUT2D eigenvalue weighted by atomic mass is 9.80. The van der Waals surface area contributed by atoms with E-state index in [-0.39, 0.29) is 10.7 Å². The second kappa shape index (κ2) is 4.25. The van der Waals surface area contributed by atoms with Crippen LogP contribution >= 0.6 is 11.8 Å². The SMILES string of the molecule is CC(C)C1(C)SC(N2[C@H](C)[C@@H]3CC[C@H]2C3(C)C)=NC1=O. The number of amidine groups is 1. The van der Waals surface area contributed by atoms with E-state index in [0.29, 0.717) is 23.4 Å². The summed E-state index contributed by atoms with van der Waals surface area (Å²) in [7, 11) is 0. The van der Waals surface area contributed by atoms with Gasteiger partial charge < -0.3 is 4.90 Å². The average Bonchev–Trinajstić information content (AvgIpc) is 2.86. The van der Waals surface area contributed by atoms with Crippen LogP contribution in [0.5, 0.6) is 0 Å². The topological polar surface area (TPSA) is 32.7 Å². The van der Waals surface area contributed by atoms with E-state index in [1.54, 1.807) is 11.8 Å². The van der Waals surface area contributed by atoms with Gasteiger partial charge >= 0.3 is 0 Å². The van der Waals surface area contributed by atoms with Crippen LogP contribution in [0, 0.1) is 17.3 Å². The molecule has 3 rings (SSSR count). The molecule has 0 aromatic heterocycles. The van der Waals surface area contributed by atoms with Crippen LogP contribution in [0.1, 0.15) is 54.4 Å². The van der Waals surface area contributed by atoms with Gasteiger partial charge in [0, 0.05) is 12.1 Å². The molecule has 3 aliphatic rings. The maximum absolute atomic E-state index is 12.3. The molecule has 1 amide bonds. The van der Waals surface area contributed by atoms with Crippen LogP contribution in [0.2, 0.25) is 0 Å². The van der Waals surface area contributed by atoms with Crippen molar-refractivity contribution in [2.24, 2.45) is 22.2 Å². The second-order valence-electron chi connectivity index (χ2n) is 7.73. The largest absolute Gasteiger partial charge is 0.345 e. The van der Waals surface area contributed by atoms with Gasteiger partial charge in [0.25, 0.3) is 5.91 Å². The van der Waals surface area contributed by atoms with E-state index in [1.807, 2.05) is 6.92 Å². The molecule has 1 saturated carbocycles. The summed E-state index contributed by atoms with van der Waals surface area (Å²) >= 11 is 1.70. The third-order valence-corrected chi connectivity index (χ3v) is 7.72. The van der Waals surface area contributed by atoms with Crippen LogP contribution < -0.4 is 0 Å². The van der Waals surface area contributed by atoms with E-state index in [9.17, 15) is 4.79 Å². The van der Waals surface area contributed by atoms with Crippen LogP contribution in [0.25, 0.3) is 0 Å². The number of rotatable bonds is 1. The Balaban J connectivity index is 1.90. The van der Waals surface area contributed by atoms with Crippen molar-refractivity contribution in [3.8, 4) is 0 Å². The monoisotopic (exact) mass is 294 g/mol. The summed E-state index contributed by atoms with van der Waals surface area (Å²) < 4.78 is -0.374. The number of carbonyl (C=O) groups is 1. The number of aliphatic imine (C=N–C) groups is 1. The lowest BCUT2D eigenvalue weighted by Crippen LogP contribution is -2.43.